The molecule has 1 fully saturated rings. The molecule has 0 N–H and O–H groups in total. The number of fused-ring (bicyclic) bond motifs is 1. The minimum Gasteiger partial charge on any atom is -0.355 e. The van der Waals surface area contributed by atoms with E-state index >= 15 is 0 Å². The van der Waals surface area contributed by atoms with Crippen LogP contribution in [0.1, 0.15) is 12.8 Å². The van der Waals surface area contributed by atoms with E-state index in [2.05, 4.69) is 38.7 Å². The number of piperidine rings is 1. The van der Waals surface area contributed by atoms with Gasteiger partial charge in [0.25, 0.3) is 0 Å². The first kappa shape index (κ1) is 16.1. The van der Waals surface area contributed by atoms with E-state index in [0.29, 0.717) is 18.7 Å². The highest BCUT2D eigenvalue weighted by molar-refractivity contribution is 5.79. The van der Waals surface area contributed by atoms with Crippen molar-refractivity contribution in [3.63, 3.8) is 0 Å². The van der Waals surface area contributed by atoms with Gasteiger partial charge in [0.05, 0.1) is 0 Å². The Labute approximate surface area is 140 Å². The molecule has 2 aromatic heterocycles. The van der Waals surface area contributed by atoms with E-state index in [9.17, 15) is 4.79 Å². The number of tetrazole rings is 1. The molecule has 0 saturated carbocycles. The van der Waals surface area contributed by atoms with Crippen molar-refractivity contribution in [1.29, 1.82) is 0 Å². The van der Waals surface area contributed by atoms with Crippen LogP contribution in [0.3, 0.4) is 0 Å². The average molecular weight is 327 g/mol. The van der Waals surface area contributed by atoms with Crippen LogP contribution in [0.2, 0.25) is 0 Å². The Morgan fingerprint density at radius 1 is 1.25 bits per heavy atom. The summed E-state index contributed by atoms with van der Waals surface area (Å²) < 4.78 is 1.42. The molecule has 0 atom stereocenters. The molecule has 0 spiro atoms. The fourth-order valence-electron chi connectivity index (χ4n) is 2.99. The number of carbonyl (C=O) groups excluding carboxylic acids is 1. The van der Waals surface area contributed by atoms with Crippen molar-refractivity contribution in [3.05, 3.63) is 37.4 Å². The van der Waals surface area contributed by atoms with Gasteiger partial charge in [-0.1, -0.05) is 12.2 Å². The van der Waals surface area contributed by atoms with E-state index in [1.165, 1.54) is 4.63 Å². The van der Waals surface area contributed by atoms with Crippen LogP contribution in [0.4, 0.5) is 5.82 Å². The van der Waals surface area contributed by atoms with Crippen LogP contribution in [0, 0.1) is 5.92 Å². The summed E-state index contributed by atoms with van der Waals surface area (Å²) in [5.74, 6) is 1.05. The van der Waals surface area contributed by atoms with E-state index < -0.39 is 0 Å². The Bertz CT molecular complexity index is 723. The Hall–Kier alpha value is -2.77. The largest absolute Gasteiger partial charge is 0.355 e. The highest BCUT2D eigenvalue weighted by Gasteiger charge is 2.28. The molecule has 1 amide bonds. The van der Waals surface area contributed by atoms with Crippen molar-refractivity contribution in [1.82, 2.24) is 30.2 Å². The minimum atomic E-state index is 0.0397. The first-order chi connectivity index (χ1) is 11.7. The van der Waals surface area contributed by atoms with Crippen LogP contribution in [0.25, 0.3) is 5.65 Å². The number of nitrogens with zero attached hydrogens (tertiary/aromatic N) is 7. The molecule has 3 heterocycles. The lowest BCUT2D eigenvalue weighted by Crippen LogP contribution is -2.43. The van der Waals surface area contributed by atoms with Crippen LogP contribution >= 0.6 is 0 Å². The lowest BCUT2D eigenvalue weighted by atomic mass is 9.95. The summed E-state index contributed by atoms with van der Waals surface area (Å²) in [6, 6.07) is 3.76. The third kappa shape index (κ3) is 3.27. The summed E-state index contributed by atoms with van der Waals surface area (Å²) in [7, 11) is 0. The molecule has 0 radical (unpaired) electrons. The standard InChI is InChI=1S/C16H21N7O/c1-3-9-22(10-4-2)16(24)13-7-11-21(12-8-13)15-6-5-14-17-19-20-23(14)18-15/h3-6,13H,1-2,7-12H2. The second-order valence-corrected chi connectivity index (χ2v) is 5.80. The fourth-order valence-corrected chi connectivity index (χ4v) is 2.99. The van der Waals surface area contributed by atoms with Gasteiger partial charge < -0.3 is 9.80 Å². The zero-order valence-electron chi connectivity index (χ0n) is 13.6. The van der Waals surface area contributed by atoms with Gasteiger partial charge in [0.15, 0.2) is 11.5 Å². The third-order valence-electron chi connectivity index (χ3n) is 4.23. The number of rotatable bonds is 6. The van der Waals surface area contributed by atoms with Gasteiger partial charge in [-0.2, -0.15) is 0 Å². The maximum atomic E-state index is 12.6. The quantitative estimate of drug-likeness (QED) is 0.735. The van der Waals surface area contributed by atoms with Crippen LogP contribution in [0.15, 0.2) is 37.4 Å². The Morgan fingerprint density at radius 2 is 1.96 bits per heavy atom. The van der Waals surface area contributed by atoms with Crippen LogP contribution < -0.4 is 4.90 Å². The highest BCUT2D eigenvalue weighted by Crippen LogP contribution is 2.23. The van der Waals surface area contributed by atoms with E-state index in [0.717, 1.165) is 31.7 Å². The van der Waals surface area contributed by atoms with Crippen LogP contribution in [0.5, 0.6) is 0 Å². The van der Waals surface area contributed by atoms with Gasteiger partial charge in [0.2, 0.25) is 5.91 Å². The fraction of sp³-hybridized carbons (Fsp3) is 0.438. The summed E-state index contributed by atoms with van der Waals surface area (Å²) in [5.41, 5.74) is 0.619. The number of anilines is 1. The highest BCUT2D eigenvalue weighted by atomic mass is 16.2. The molecule has 0 aliphatic carbocycles. The third-order valence-corrected chi connectivity index (χ3v) is 4.23. The van der Waals surface area contributed by atoms with Crippen LogP contribution in [-0.4, -0.2) is 62.2 Å². The molecule has 0 unspecified atom stereocenters. The number of carbonyl (C=O) groups is 1. The first-order valence-corrected chi connectivity index (χ1v) is 8.04. The normalized spacial score (nSPS) is 15.4. The van der Waals surface area contributed by atoms with Crippen molar-refractivity contribution in [2.45, 2.75) is 12.8 Å². The molecule has 24 heavy (non-hydrogen) atoms. The van der Waals surface area contributed by atoms with E-state index in [1.54, 1.807) is 17.1 Å². The molecular weight excluding hydrogens is 306 g/mol. The van der Waals surface area contributed by atoms with Gasteiger partial charge in [0, 0.05) is 32.1 Å². The molecule has 8 heteroatoms. The van der Waals surface area contributed by atoms with Gasteiger partial charge in [-0.25, -0.2) is 0 Å². The van der Waals surface area contributed by atoms with Crippen LogP contribution in [-0.2, 0) is 4.79 Å². The summed E-state index contributed by atoms with van der Waals surface area (Å²) >= 11 is 0. The zero-order chi connectivity index (χ0) is 16.9. The van der Waals surface area contributed by atoms with Gasteiger partial charge in [-0.3, -0.25) is 4.79 Å². The SMILES string of the molecule is C=CCN(CC=C)C(=O)C1CCN(c2ccc3nnnn3n2)CC1. The number of hydrogen-bond acceptors (Lipinski definition) is 6. The molecule has 3 rings (SSSR count). The lowest BCUT2D eigenvalue weighted by Gasteiger charge is -2.34. The molecule has 1 saturated heterocycles. The Morgan fingerprint density at radius 3 is 2.62 bits per heavy atom. The second kappa shape index (κ2) is 7.20. The van der Waals surface area contributed by atoms with Crippen molar-refractivity contribution in [2.75, 3.05) is 31.1 Å². The van der Waals surface area contributed by atoms with E-state index in [1.807, 2.05) is 12.1 Å². The van der Waals surface area contributed by atoms with E-state index in [-0.39, 0.29) is 11.8 Å². The topological polar surface area (TPSA) is 79.5 Å². The maximum absolute atomic E-state index is 12.6. The predicted octanol–water partition coefficient (Wildman–Crippen LogP) is 0.936. The van der Waals surface area contributed by atoms with Gasteiger partial charge in [-0.15, -0.1) is 28.0 Å². The van der Waals surface area contributed by atoms with Crippen molar-refractivity contribution < 1.29 is 4.79 Å². The Kier molecular flexibility index (Phi) is 4.83. The Balaban J connectivity index is 1.63. The minimum absolute atomic E-state index is 0.0397. The number of hydrogen-bond donors (Lipinski definition) is 0. The number of aromatic nitrogens is 5. The molecule has 0 aromatic carbocycles. The maximum Gasteiger partial charge on any atom is 0.226 e. The van der Waals surface area contributed by atoms with E-state index in [4.69, 9.17) is 0 Å². The summed E-state index contributed by atoms with van der Waals surface area (Å²) in [6.07, 6.45) is 5.11. The zero-order valence-corrected chi connectivity index (χ0v) is 13.6. The molecule has 0 bridgehead atoms. The van der Waals surface area contributed by atoms with Crippen molar-refractivity contribution in [3.8, 4) is 0 Å². The van der Waals surface area contributed by atoms with Gasteiger partial charge in [0.1, 0.15) is 0 Å². The second-order valence-electron chi connectivity index (χ2n) is 5.80. The monoisotopic (exact) mass is 327 g/mol. The number of amides is 1. The lowest BCUT2D eigenvalue weighted by molar-refractivity contribution is -0.135. The summed E-state index contributed by atoms with van der Waals surface area (Å²) in [5, 5.41) is 15.7. The molecule has 1 aliphatic heterocycles. The predicted molar refractivity (Wildman–Crippen MR) is 90.5 cm³/mol. The molecular formula is C16H21N7O. The van der Waals surface area contributed by atoms with Crippen molar-refractivity contribution >= 4 is 17.4 Å². The summed E-state index contributed by atoms with van der Waals surface area (Å²) in [6.45, 7) is 10.1. The molecule has 2 aromatic rings. The average Bonchev–Trinajstić information content (AvgIpc) is 3.09. The first-order valence-electron chi connectivity index (χ1n) is 8.04. The smallest absolute Gasteiger partial charge is 0.226 e. The van der Waals surface area contributed by atoms with Crippen molar-refractivity contribution in [2.24, 2.45) is 5.92 Å². The van der Waals surface area contributed by atoms with Gasteiger partial charge in [-0.05, 0) is 35.4 Å². The molecule has 1 aliphatic rings. The molecule has 126 valence electrons. The van der Waals surface area contributed by atoms with Gasteiger partial charge >= 0.3 is 0 Å². The summed E-state index contributed by atoms with van der Waals surface area (Å²) in [4.78, 5) is 16.6. The molecule has 8 nitrogen and oxygen atoms in total.